The van der Waals surface area contributed by atoms with Crippen molar-refractivity contribution in [3.8, 4) is 5.75 Å². The van der Waals surface area contributed by atoms with Crippen molar-refractivity contribution < 1.29 is 14.3 Å². The molecule has 162 valence electrons. The zero-order valence-electron chi connectivity index (χ0n) is 18.3. The lowest BCUT2D eigenvalue weighted by Crippen LogP contribution is -2.29. The summed E-state index contributed by atoms with van der Waals surface area (Å²) < 4.78 is 10.4. The Morgan fingerprint density at radius 3 is 2.61 bits per heavy atom. The van der Waals surface area contributed by atoms with Crippen molar-refractivity contribution in [2.75, 3.05) is 13.2 Å². The Morgan fingerprint density at radius 1 is 1.03 bits per heavy atom. The van der Waals surface area contributed by atoms with Gasteiger partial charge in [-0.2, -0.15) is 0 Å². The third-order valence-corrected chi connectivity index (χ3v) is 6.22. The summed E-state index contributed by atoms with van der Waals surface area (Å²) in [6, 6.07) is 24.2. The van der Waals surface area contributed by atoms with Crippen LogP contribution in [0.4, 0.5) is 0 Å². The fourth-order valence-electron chi connectivity index (χ4n) is 4.69. The van der Waals surface area contributed by atoms with Crippen molar-refractivity contribution in [1.29, 1.82) is 0 Å². The van der Waals surface area contributed by atoms with Crippen LogP contribution in [0, 0.1) is 0 Å². The standard InChI is InChI=1S/C27H31NO3/c1-3-30-27(29)18-31-24-15-12-20(13-16-24)22-11-14-23(17-22)28-19(2)25-10-6-8-21-7-4-5-9-26(21)25/h4-10,12-13,15-16,19,22-23,28H,3,11,14,17-18H2,1-2H3/t19-,22+,23?/m1/s1. The van der Waals surface area contributed by atoms with Gasteiger partial charge in [0.2, 0.25) is 0 Å². The zero-order chi connectivity index (χ0) is 21.6. The van der Waals surface area contributed by atoms with Gasteiger partial charge in [-0.1, -0.05) is 54.6 Å². The molecule has 1 saturated carbocycles. The number of benzene rings is 3. The number of nitrogens with one attached hydrogen (secondary N) is 1. The molecule has 4 nitrogen and oxygen atoms in total. The maximum atomic E-state index is 11.4. The number of esters is 1. The van der Waals surface area contributed by atoms with E-state index < -0.39 is 0 Å². The molecule has 4 heteroatoms. The summed E-state index contributed by atoms with van der Waals surface area (Å²) in [6.07, 6.45) is 3.50. The molecule has 3 aromatic rings. The number of ether oxygens (including phenoxy) is 2. The highest BCUT2D eigenvalue weighted by Gasteiger charge is 2.27. The Labute approximate surface area is 184 Å². The number of rotatable bonds is 8. The molecule has 0 aliphatic heterocycles. The minimum Gasteiger partial charge on any atom is -0.482 e. The summed E-state index contributed by atoms with van der Waals surface area (Å²) >= 11 is 0. The van der Waals surface area contributed by atoms with Crippen LogP contribution in [0.5, 0.6) is 5.75 Å². The molecule has 0 amide bonds. The van der Waals surface area contributed by atoms with Crippen LogP contribution >= 0.6 is 0 Å². The molecule has 1 aliphatic carbocycles. The first-order valence-electron chi connectivity index (χ1n) is 11.3. The molecule has 31 heavy (non-hydrogen) atoms. The van der Waals surface area contributed by atoms with Crippen LogP contribution in [0.3, 0.4) is 0 Å². The van der Waals surface area contributed by atoms with Gasteiger partial charge in [0, 0.05) is 12.1 Å². The van der Waals surface area contributed by atoms with Crippen LogP contribution in [0.25, 0.3) is 10.8 Å². The lowest BCUT2D eigenvalue weighted by molar-refractivity contribution is -0.145. The summed E-state index contributed by atoms with van der Waals surface area (Å²) in [5.41, 5.74) is 2.70. The molecule has 0 radical (unpaired) electrons. The van der Waals surface area contributed by atoms with Gasteiger partial charge < -0.3 is 14.8 Å². The van der Waals surface area contributed by atoms with Gasteiger partial charge >= 0.3 is 5.97 Å². The number of hydrogen-bond acceptors (Lipinski definition) is 4. The molecular formula is C27H31NO3. The predicted molar refractivity (Wildman–Crippen MR) is 124 cm³/mol. The number of fused-ring (bicyclic) bond motifs is 1. The average molecular weight is 418 g/mol. The summed E-state index contributed by atoms with van der Waals surface area (Å²) in [4.78, 5) is 11.4. The van der Waals surface area contributed by atoms with E-state index in [1.165, 1.54) is 34.7 Å². The fraction of sp³-hybridized carbons (Fsp3) is 0.370. The summed E-state index contributed by atoms with van der Waals surface area (Å²) in [6.45, 7) is 4.38. The SMILES string of the molecule is CCOC(=O)COc1ccc([C@H]2CCC(N[C@H](C)c3cccc4ccccc34)C2)cc1. The van der Waals surface area contributed by atoms with E-state index in [0.717, 1.165) is 6.42 Å². The van der Waals surface area contributed by atoms with E-state index in [1.54, 1.807) is 6.92 Å². The topological polar surface area (TPSA) is 47.6 Å². The van der Waals surface area contributed by atoms with Gasteiger partial charge in [0.25, 0.3) is 0 Å². The van der Waals surface area contributed by atoms with Gasteiger partial charge in [-0.25, -0.2) is 4.79 Å². The highest BCUT2D eigenvalue weighted by Crippen LogP contribution is 2.36. The first kappa shape index (κ1) is 21.4. The average Bonchev–Trinajstić information content (AvgIpc) is 3.26. The van der Waals surface area contributed by atoms with Crippen molar-refractivity contribution in [1.82, 2.24) is 5.32 Å². The largest absolute Gasteiger partial charge is 0.482 e. The van der Waals surface area contributed by atoms with E-state index in [0.29, 0.717) is 30.4 Å². The quantitative estimate of drug-likeness (QED) is 0.473. The molecule has 1 fully saturated rings. The fourth-order valence-corrected chi connectivity index (χ4v) is 4.69. The van der Waals surface area contributed by atoms with Crippen molar-refractivity contribution in [2.45, 2.75) is 51.1 Å². The van der Waals surface area contributed by atoms with Crippen LogP contribution in [-0.4, -0.2) is 25.2 Å². The van der Waals surface area contributed by atoms with Gasteiger partial charge in [-0.15, -0.1) is 0 Å². The molecule has 1 N–H and O–H groups in total. The number of carbonyl (C=O) groups is 1. The maximum absolute atomic E-state index is 11.4. The maximum Gasteiger partial charge on any atom is 0.344 e. The van der Waals surface area contributed by atoms with Crippen LogP contribution < -0.4 is 10.1 Å². The molecule has 3 aromatic carbocycles. The molecule has 1 unspecified atom stereocenters. The highest BCUT2D eigenvalue weighted by molar-refractivity contribution is 5.86. The highest BCUT2D eigenvalue weighted by atomic mass is 16.6. The second-order valence-corrected chi connectivity index (χ2v) is 8.33. The van der Waals surface area contributed by atoms with Crippen LogP contribution in [0.2, 0.25) is 0 Å². The summed E-state index contributed by atoms with van der Waals surface area (Å²) in [7, 11) is 0. The number of hydrogen-bond donors (Lipinski definition) is 1. The van der Waals surface area contributed by atoms with E-state index in [2.05, 4.69) is 66.8 Å². The molecule has 4 rings (SSSR count). The van der Waals surface area contributed by atoms with Crippen LogP contribution in [0.15, 0.2) is 66.7 Å². The smallest absolute Gasteiger partial charge is 0.344 e. The van der Waals surface area contributed by atoms with Gasteiger partial charge in [-0.3, -0.25) is 0 Å². The van der Waals surface area contributed by atoms with E-state index >= 15 is 0 Å². The first-order valence-corrected chi connectivity index (χ1v) is 11.3. The first-order chi connectivity index (χ1) is 15.1. The third-order valence-electron chi connectivity index (χ3n) is 6.22. The monoisotopic (exact) mass is 417 g/mol. The Hall–Kier alpha value is -2.85. The summed E-state index contributed by atoms with van der Waals surface area (Å²) in [5.74, 6) is 0.918. The zero-order valence-corrected chi connectivity index (χ0v) is 18.3. The Kier molecular flexibility index (Phi) is 6.88. The van der Waals surface area contributed by atoms with E-state index in [9.17, 15) is 4.79 Å². The van der Waals surface area contributed by atoms with Crippen molar-refractivity contribution in [3.05, 3.63) is 77.9 Å². The second kappa shape index (κ2) is 9.97. The lowest BCUT2D eigenvalue weighted by Gasteiger charge is -2.21. The number of carbonyl (C=O) groups excluding carboxylic acids is 1. The van der Waals surface area contributed by atoms with Crippen LogP contribution in [-0.2, 0) is 9.53 Å². The molecule has 0 heterocycles. The van der Waals surface area contributed by atoms with E-state index in [4.69, 9.17) is 9.47 Å². The normalized spacial score (nSPS) is 19.3. The Balaban J connectivity index is 1.33. The third kappa shape index (κ3) is 5.26. The van der Waals surface area contributed by atoms with Gasteiger partial charge in [0.05, 0.1) is 6.61 Å². The molecule has 0 saturated heterocycles. The van der Waals surface area contributed by atoms with Gasteiger partial charge in [0.15, 0.2) is 6.61 Å². The molecule has 0 bridgehead atoms. The Morgan fingerprint density at radius 2 is 1.81 bits per heavy atom. The predicted octanol–water partition coefficient (Wildman–Crippen LogP) is 5.77. The second-order valence-electron chi connectivity index (χ2n) is 8.33. The molecule has 0 aromatic heterocycles. The molecule has 0 spiro atoms. The van der Waals surface area contributed by atoms with E-state index in [-0.39, 0.29) is 12.6 Å². The lowest BCUT2D eigenvalue weighted by atomic mass is 9.96. The van der Waals surface area contributed by atoms with Gasteiger partial charge in [0.1, 0.15) is 5.75 Å². The van der Waals surface area contributed by atoms with Crippen LogP contribution in [0.1, 0.15) is 56.2 Å². The molecule has 1 aliphatic rings. The van der Waals surface area contributed by atoms with Gasteiger partial charge in [-0.05, 0) is 73.1 Å². The van der Waals surface area contributed by atoms with Crippen molar-refractivity contribution in [2.24, 2.45) is 0 Å². The van der Waals surface area contributed by atoms with Crippen molar-refractivity contribution in [3.63, 3.8) is 0 Å². The Bertz CT molecular complexity index is 1010. The summed E-state index contributed by atoms with van der Waals surface area (Å²) in [5, 5.41) is 6.49. The minimum absolute atomic E-state index is 0.0470. The minimum atomic E-state index is -0.336. The molecular weight excluding hydrogens is 386 g/mol. The molecule has 3 atom stereocenters. The van der Waals surface area contributed by atoms with Crippen molar-refractivity contribution >= 4 is 16.7 Å². The van der Waals surface area contributed by atoms with E-state index in [1.807, 2.05) is 12.1 Å².